The highest BCUT2D eigenvalue weighted by Gasteiger charge is 2.41. The number of fused-ring (bicyclic) bond motifs is 2. The molecule has 1 aromatic carbocycles. The van der Waals surface area contributed by atoms with Gasteiger partial charge >= 0.3 is 0 Å². The Morgan fingerprint density at radius 2 is 2.29 bits per heavy atom. The molecule has 3 unspecified atom stereocenters. The van der Waals surface area contributed by atoms with Crippen LogP contribution < -0.4 is 5.32 Å². The summed E-state index contributed by atoms with van der Waals surface area (Å²) in [6.07, 6.45) is 5.19. The van der Waals surface area contributed by atoms with Gasteiger partial charge in [0, 0.05) is 41.6 Å². The molecule has 4 rings (SSSR count). The number of H-pyrrole nitrogens is 1. The Kier molecular flexibility index (Phi) is 3.87. The SMILES string of the molecule is CCC(C)NC(=O)C1CC2c3cccc4[nH]cc(c34)C[C@H]2N(C)C1. The van der Waals surface area contributed by atoms with Gasteiger partial charge in [0.15, 0.2) is 0 Å². The summed E-state index contributed by atoms with van der Waals surface area (Å²) in [5, 5.41) is 4.58. The Balaban J connectivity index is 1.65. The van der Waals surface area contributed by atoms with Crippen LogP contribution in [0.25, 0.3) is 10.9 Å². The first kappa shape index (κ1) is 15.7. The molecule has 1 saturated heterocycles. The molecule has 4 nitrogen and oxygen atoms in total. The van der Waals surface area contributed by atoms with Crippen LogP contribution in [-0.4, -0.2) is 41.5 Å². The van der Waals surface area contributed by atoms with Gasteiger partial charge in [0.25, 0.3) is 0 Å². The molecule has 2 aromatic rings. The van der Waals surface area contributed by atoms with Gasteiger partial charge in [-0.2, -0.15) is 0 Å². The second-order valence-electron chi connectivity index (χ2n) is 7.65. The number of likely N-dealkylation sites (N-methyl/N-ethyl adjacent to an activating group) is 1. The molecular formula is C20H27N3O. The lowest BCUT2D eigenvalue weighted by molar-refractivity contribution is -0.128. The lowest BCUT2D eigenvalue weighted by Crippen LogP contribution is -2.52. The first-order valence-corrected chi connectivity index (χ1v) is 9.18. The van der Waals surface area contributed by atoms with E-state index >= 15 is 0 Å². The van der Waals surface area contributed by atoms with E-state index in [1.165, 1.54) is 22.0 Å². The quantitative estimate of drug-likeness (QED) is 0.911. The van der Waals surface area contributed by atoms with E-state index in [2.05, 4.69) is 60.5 Å². The summed E-state index contributed by atoms with van der Waals surface area (Å²) >= 11 is 0. The highest BCUT2D eigenvalue weighted by atomic mass is 16.2. The molecule has 0 saturated carbocycles. The molecule has 24 heavy (non-hydrogen) atoms. The molecule has 1 aliphatic heterocycles. The van der Waals surface area contributed by atoms with E-state index in [4.69, 9.17) is 0 Å². The molecule has 2 N–H and O–H groups in total. The summed E-state index contributed by atoms with van der Waals surface area (Å²) in [6, 6.07) is 7.32. The van der Waals surface area contributed by atoms with Crippen molar-refractivity contribution in [1.29, 1.82) is 0 Å². The number of aromatic nitrogens is 1. The van der Waals surface area contributed by atoms with E-state index in [1.54, 1.807) is 0 Å². The number of nitrogens with zero attached hydrogens (tertiary/aromatic N) is 1. The predicted octanol–water partition coefficient (Wildman–Crippen LogP) is 3.04. The van der Waals surface area contributed by atoms with Crippen LogP contribution in [0.1, 0.15) is 43.7 Å². The first-order chi connectivity index (χ1) is 11.6. The molecular weight excluding hydrogens is 298 g/mol. The highest BCUT2D eigenvalue weighted by Crippen LogP contribution is 2.44. The number of rotatable bonds is 3. The Bertz CT molecular complexity index is 765. The zero-order chi connectivity index (χ0) is 16.8. The lowest BCUT2D eigenvalue weighted by atomic mass is 9.72. The number of benzene rings is 1. The molecule has 4 atom stereocenters. The summed E-state index contributed by atoms with van der Waals surface area (Å²) in [5.74, 6) is 0.756. The van der Waals surface area contributed by atoms with Crippen molar-refractivity contribution in [3.05, 3.63) is 35.5 Å². The number of aromatic amines is 1. The number of amides is 1. The van der Waals surface area contributed by atoms with Crippen LogP contribution in [0.4, 0.5) is 0 Å². The van der Waals surface area contributed by atoms with E-state index in [-0.39, 0.29) is 17.9 Å². The Labute approximate surface area is 143 Å². The maximum Gasteiger partial charge on any atom is 0.224 e. The third-order valence-corrected chi connectivity index (χ3v) is 6.10. The van der Waals surface area contributed by atoms with Crippen LogP contribution in [0.15, 0.2) is 24.4 Å². The molecule has 0 bridgehead atoms. The summed E-state index contributed by atoms with van der Waals surface area (Å²) in [6.45, 7) is 5.06. The summed E-state index contributed by atoms with van der Waals surface area (Å²) < 4.78 is 0. The van der Waals surface area contributed by atoms with E-state index in [1.807, 2.05) is 0 Å². The number of carbonyl (C=O) groups is 1. The fraction of sp³-hybridized carbons (Fsp3) is 0.550. The molecule has 1 aromatic heterocycles. The van der Waals surface area contributed by atoms with Crippen molar-refractivity contribution in [2.24, 2.45) is 5.92 Å². The minimum Gasteiger partial charge on any atom is -0.361 e. The normalized spacial score (nSPS) is 27.7. The van der Waals surface area contributed by atoms with Crippen molar-refractivity contribution in [2.75, 3.05) is 13.6 Å². The standard InChI is InChI=1S/C20H27N3O/c1-4-12(2)22-20(24)14-8-16-15-6-5-7-17-19(15)13(10-21-17)9-18(16)23(3)11-14/h5-7,10,12,14,16,18,21H,4,8-9,11H2,1-3H3,(H,22,24)/t12?,14?,16?,18-/m1/s1. The fourth-order valence-electron chi connectivity index (χ4n) is 4.59. The van der Waals surface area contributed by atoms with Gasteiger partial charge in [-0.05, 0) is 50.4 Å². The van der Waals surface area contributed by atoms with Crippen LogP contribution in [-0.2, 0) is 11.2 Å². The molecule has 1 aliphatic carbocycles. The molecule has 128 valence electrons. The minimum absolute atomic E-state index is 0.0843. The third kappa shape index (κ3) is 2.44. The number of piperidine rings is 1. The number of carbonyl (C=O) groups excluding carboxylic acids is 1. The molecule has 2 aliphatic rings. The number of hydrogen-bond donors (Lipinski definition) is 2. The Morgan fingerprint density at radius 1 is 1.46 bits per heavy atom. The number of likely N-dealkylation sites (tertiary alicyclic amines) is 1. The van der Waals surface area contributed by atoms with Gasteiger partial charge in [-0.3, -0.25) is 4.79 Å². The maximum absolute atomic E-state index is 12.7. The van der Waals surface area contributed by atoms with Gasteiger partial charge in [-0.15, -0.1) is 0 Å². The Morgan fingerprint density at radius 3 is 3.08 bits per heavy atom. The molecule has 0 radical (unpaired) electrons. The lowest BCUT2D eigenvalue weighted by Gasteiger charge is -2.45. The van der Waals surface area contributed by atoms with Crippen LogP contribution in [0.3, 0.4) is 0 Å². The van der Waals surface area contributed by atoms with Gasteiger partial charge < -0.3 is 15.2 Å². The zero-order valence-electron chi connectivity index (χ0n) is 14.8. The van der Waals surface area contributed by atoms with E-state index < -0.39 is 0 Å². The number of nitrogens with one attached hydrogen (secondary N) is 2. The van der Waals surface area contributed by atoms with Crippen molar-refractivity contribution in [1.82, 2.24) is 15.2 Å². The van der Waals surface area contributed by atoms with E-state index in [0.29, 0.717) is 12.0 Å². The summed E-state index contributed by atoms with van der Waals surface area (Å²) in [4.78, 5) is 18.5. The molecule has 0 spiro atoms. The second kappa shape index (κ2) is 5.92. The van der Waals surface area contributed by atoms with Crippen molar-refractivity contribution < 1.29 is 4.79 Å². The largest absolute Gasteiger partial charge is 0.361 e. The first-order valence-electron chi connectivity index (χ1n) is 9.18. The summed E-state index contributed by atoms with van der Waals surface area (Å²) in [5.41, 5.74) is 4.08. The van der Waals surface area contributed by atoms with Crippen molar-refractivity contribution >= 4 is 16.8 Å². The van der Waals surface area contributed by atoms with E-state index in [9.17, 15) is 4.79 Å². The highest BCUT2D eigenvalue weighted by molar-refractivity contribution is 5.88. The van der Waals surface area contributed by atoms with Gasteiger partial charge in [-0.1, -0.05) is 19.1 Å². The van der Waals surface area contributed by atoms with Gasteiger partial charge in [0.2, 0.25) is 5.91 Å². The van der Waals surface area contributed by atoms with Crippen molar-refractivity contribution in [3.63, 3.8) is 0 Å². The van der Waals surface area contributed by atoms with Crippen LogP contribution in [0, 0.1) is 5.92 Å². The van der Waals surface area contributed by atoms with Gasteiger partial charge in [0.05, 0.1) is 5.92 Å². The Hall–Kier alpha value is -1.81. The van der Waals surface area contributed by atoms with Gasteiger partial charge in [-0.25, -0.2) is 0 Å². The molecule has 4 heteroatoms. The minimum atomic E-state index is 0.0843. The predicted molar refractivity (Wildman–Crippen MR) is 97.2 cm³/mol. The average Bonchev–Trinajstić information content (AvgIpc) is 3.00. The molecule has 1 amide bonds. The average molecular weight is 325 g/mol. The monoisotopic (exact) mass is 325 g/mol. The van der Waals surface area contributed by atoms with Gasteiger partial charge in [0.1, 0.15) is 0 Å². The fourth-order valence-corrected chi connectivity index (χ4v) is 4.59. The van der Waals surface area contributed by atoms with Crippen LogP contribution in [0.5, 0.6) is 0 Å². The summed E-state index contributed by atoms with van der Waals surface area (Å²) in [7, 11) is 2.18. The maximum atomic E-state index is 12.7. The zero-order valence-corrected chi connectivity index (χ0v) is 14.8. The van der Waals surface area contributed by atoms with E-state index in [0.717, 1.165) is 25.8 Å². The molecule has 2 heterocycles. The smallest absolute Gasteiger partial charge is 0.224 e. The molecule has 1 fully saturated rings. The van der Waals surface area contributed by atoms with Crippen LogP contribution in [0.2, 0.25) is 0 Å². The topological polar surface area (TPSA) is 48.1 Å². The number of hydrogen-bond acceptors (Lipinski definition) is 2. The third-order valence-electron chi connectivity index (χ3n) is 6.10. The second-order valence-corrected chi connectivity index (χ2v) is 7.65. The van der Waals surface area contributed by atoms with Crippen molar-refractivity contribution in [2.45, 2.75) is 51.1 Å². The van der Waals surface area contributed by atoms with Crippen molar-refractivity contribution in [3.8, 4) is 0 Å². The van der Waals surface area contributed by atoms with Crippen LogP contribution >= 0.6 is 0 Å².